The summed E-state index contributed by atoms with van der Waals surface area (Å²) in [6.45, 7) is 1.19. The summed E-state index contributed by atoms with van der Waals surface area (Å²) in [5, 5.41) is 15.0. The molecule has 1 atom stereocenters. The van der Waals surface area contributed by atoms with Gasteiger partial charge in [0.25, 0.3) is 0 Å². The molecular weight excluding hydrogens is 461 g/mol. The maximum Gasteiger partial charge on any atom is 0.229 e. The number of nitrogens with zero attached hydrogens (tertiary/aromatic N) is 1. The number of sulfonamides is 1. The molecule has 0 saturated heterocycles. The first-order chi connectivity index (χ1) is 14.3. The lowest BCUT2D eigenvalue weighted by Gasteiger charge is -2.14. The number of aliphatic hydroxyl groups excluding tert-OH is 1. The summed E-state index contributed by atoms with van der Waals surface area (Å²) in [5.41, 5.74) is 2.33. The Balaban J connectivity index is 0.00000341. The molecule has 0 aliphatic heterocycles. The minimum absolute atomic E-state index is 0. The van der Waals surface area contributed by atoms with Crippen LogP contribution in [-0.4, -0.2) is 50.6 Å². The number of aliphatic hydroxyl groups is 1. The predicted molar refractivity (Wildman–Crippen MR) is 127 cm³/mol. The summed E-state index contributed by atoms with van der Waals surface area (Å²) in [6, 6.07) is 16.1. The number of rotatable bonds is 10. The molecule has 31 heavy (non-hydrogen) atoms. The second-order valence-corrected chi connectivity index (χ2v) is 9.14. The van der Waals surface area contributed by atoms with Gasteiger partial charge in [-0.1, -0.05) is 17.7 Å². The SMILES string of the molecule is CS(=O)(=O)Nc1ccc(OCC(O)CNCCc2ccc3cc(Cl)ccc3n2)cc1.Cl. The van der Waals surface area contributed by atoms with Crippen molar-refractivity contribution in [2.45, 2.75) is 12.5 Å². The van der Waals surface area contributed by atoms with Gasteiger partial charge in [-0.2, -0.15) is 0 Å². The molecule has 0 radical (unpaired) electrons. The molecule has 0 aliphatic rings. The summed E-state index contributed by atoms with van der Waals surface area (Å²) in [5.74, 6) is 0.550. The zero-order valence-corrected chi connectivity index (χ0v) is 19.3. The van der Waals surface area contributed by atoms with Crippen molar-refractivity contribution < 1.29 is 18.3 Å². The third kappa shape index (κ3) is 8.51. The Morgan fingerprint density at radius 1 is 1.13 bits per heavy atom. The number of fused-ring (bicyclic) bond motifs is 1. The molecule has 168 valence electrons. The number of pyridine rings is 1. The van der Waals surface area contributed by atoms with Gasteiger partial charge in [-0.25, -0.2) is 8.42 Å². The van der Waals surface area contributed by atoms with E-state index in [-0.39, 0.29) is 19.0 Å². The number of benzene rings is 2. The Morgan fingerprint density at radius 2 is 1.87 bits per heavy atom. The van der Waals surface area contributed by atoms with E-state index in [1.807, 2.05) is 30.3 Å². The average Bonchev–Trinajstić information content (AvgIpc) is 2.69. The minimum atomic E-state index is -3.31. The Labute approximate surface area is 193 Å². The van der Waals surface area contributed by atoms with Gasteiger partial charge in [0.1, 0.15) is 18.5 Å². The predicted octanol–water partition coefficient (Wildman–Crippen LogP) is 3.25. The molecule has 3 N–H and O–H groups in total. The number of hydrogen-bond donors (Lipinski definition) is 3. The molecule has 0 saturated carbocycles. The van der Waals surface area contributed by atoms with E-state index in [1.54, 1.807) is 24.3 Å². The fraction of sp³-hybridized carbons (Fsp3) is 0.286. The molecule has 7 nitrogen and oxygen atoms in total. The molecule has 0 fully saturated rings. The lowest BCUT2D eigenvalue weighted by molar-refractivity contribution is 0.106. The van der Waals surface area contributed by atoms with Crippen LogP contribution in [0.1, 0.15) is 5.69 Å². The molecule has 1 aromatic heterocycles. The van der Waals surface area contributed by atoms with Crippen LogP contribution in [0.5, 0.6) is 5.75 Å². The first-order valence-corrected chi connectivity index (χ1v) is 11.7. The molecule has 0 bridgehead atoms. The summed E-state index contributed by atoms with van der Waals surface area (Å²) in [6.07, 6.45) is 1.15. The molecule has 0 aliphatic carbocycles. The normalized spacial score (nSPS) is 12.2. The van der Waals surface area contributed by atoms with E-state index in [9.17, 15) is 13.5 Å². The topological polar surface area (TPSA) is 101 Å². The fourth-order valence-corrected chi connectivity index (χ4v) is 3.59. The number of halogens is 2. The molecule has 1 unspecified atom stereocenters. The zero-order chi connectivity index (χ0) is 21.6. The van der Waals surface area contributed by atoms with Gasteiger partial charge in [-0.15, -0.1) is 12.4 Å². The van der Waals surface area contributed by atoms with Crippen LogP contribution in [0.3, 0.4) is 0 Å². The summed E-state index contributed by atoms with van der Waals surface area (Å²) in [7, 11) is -3.31. The fourth-order valence-electron chi connectivity index (χ4n) is 2.85. The molecule has 2 aromatic carbocycles. The van der Waals surface area contributed by atoms with Gasteiger partial charge in [-0.05, 0) is 48.5 Å². The van der Waals surface area contributed by atoms with E-state index in [0.29, 0.717) is 29.5 Å². The van der Waals surface area contributed by atoms with Gasteiger partial charge in [0.2, 0.25) is 10.0 Å². The van der Waals surface area contributed by atoms with Gasteiger partial charge in [-0.3, -0.25) is 9.71 Å². The lowest BCUT2D eigenvalue weighted by Crippen LogP contribution is -2.32. The quantitative estimate of drug-likeness (QED) is 0.381. The van der Waals surface area contributed by atoms with Crippen molar-refractivity contribution in [3.8, 4) is 5.75 Å². The van der Waals surface area contributed by atoms with Gasteiger partial charge in [0, 0.05) is 41.3 Å². The second kappa shape index (κ2) is 11.5. The van der Waals surface area contributed by atoms with Crippen molar-refractivity contribution in [1.29, 1.82) is 0 Å². The molecule has 0 spiro atoms. The van der Waals surface area contributed by atoms with E-state index in [1.165, 1.54) is 0 Å². The van der Waals surface area contributed by atoms with Crippen LogP contribution in [0, 0.1) is 0 Å². The smallest absolute Gasteiger partial charge is 0.229 e. The monoisotopic (exact) mass is 485 g/mol. The van der Waals surface area contributed by atoms with E-state index < -0.39 is 16.1 Å². The van der Waals surface area contributed by atoms with Crippen molar-refractivity contribution in [3.63, 3.8) is 0 Å². The Morgan fingerprint density at radius 3 is 2.58 bits per heavy atom. The van der Waals surface area contributed by atoms with Crippen LogP contribution >= 0.6 is 24.0 Å². The molecule has 3 rings (SSSR count). The maximum absolute atomic E-state index is 11.2. The number of nitrogens with one attached hydrogen (secondary N) is 2. The van der Waals surface area contributed by atoms with Crippen molar-refractivity contribution in [2.75, 3.05) is 30.7 Å². The number of aromatic nitrogens is 1. The van der Waals surface area contributed by atoms with E-state index >= 15 is 0 Å². The first kappa shape index (κ1) is 25.2. The molecule has 3 aromatic rings. The summed E-state index contributed by atoms with van der Waals surface area (Å²) < 4.78 is 30.3. The second-order valence-electron chi connectivity index (χ2n) is 6.96. The Bertz CT molecular complexity index is 1100. The van der Waals surface area contributed by atoms with E-state index in [2.05, 4.69) is 15.0 Å². The van der Waals surface area contributed by atoms with Gasteiger partial charge in [0.15, 0.2) is 0 Å². The van der Waals surface area contributed by atoms with Crippen LogP contribution < -0.4 is 14.8 Å². The van der Waals surface area contributed by atoms with Crippen LogP contribution in [0.25, 0.3) is 10.9 Å². The highest BCUT2D eigenvalue weighted by molar-refractivity contribution is 7.92. The molecular formula is C21H25Cl2N3O4S. The van der Waals surface area contributed by atoms with E-state index in [4.69, 9.17) is 16.3 Å². The van der Waals surface area contributed by atoms with Crippen molar-refractivity contribution in [2.24, 2.45) is 0 Å². The largest absolute Gasteiger partial charge is 0.491 e. The van der Waals surface area contributed by atoms with Crippen LogP contribution in [-0.2, 0) is 16.4 Å². The first-order valence-electron chi connectivity index (χ1n) is 9.43. The van der Waals surface area contributed by atoms with Gasteiger partial charge in [0.05, 0.1) is 11.8 Å². The zero-order valence-electron chi connectivity index (χ0n) is 16.9. The molecule has 0 amide bonds. The standard InChI is InChI=1S/C21H24ClN3O4S.ClH/c1-30(27,28)25-18-5-7-20(8-6-18)29-14-19(26)13-23-11-10-17-4-2-15-12-16(22)3-9-21(15)24-17;/h2-9,12,19,23,25-26H,10-11,13-14H2,1H3;1H. The highest BCUT2D eigenvalue weighted by Crippen LogP contribution is 2.18. The average molecular weight is 486 g/mol. The number of hydrogen-bond acceptors (Lipinski definition) is 6. The third-order valence-electron chi connectivity index (χ3n) is 4.25. The van der Waals surface area contributed by atoms with Gasteiger partial charge < -0.3 is 15.2 Å². The summed E-state index contributed by atoms with van der Waals surface area (Å²) >= 11 is 5.99. The van der Waals surface area contributed by atoms with Crippen LogP contribution in [0.15, 0.2) is 54.6 Å². The van der Waals surface area contributed by atoms with Gasteiger partial charge >= 0.3 is 0 Å². The highest BCUT2D eigenvalue weighted by Gasteiger charge is 2.07. The Kier molecular flexibility index (Phi) is 9.33. The Hall–Kier alpha value is -2.10. The summed E-state index contributed by atoms with van der Waals surface area (Å²) in [4.78, 5) is 4.61. The third-order valence-corrected chi connectivity index (χ3v) is 5.09. The van der Waals surface area contributed by atoms with Crippen LogP contribution in [0.4, 0.5) is 5.69 Å². The number of ether oxygens (including phenoxy) is 1. The lowest BCUT2D eigenvalue weighted by atomic mass is 10.2. The van der Waals surface area contributed by atoms with Crippen molar-refractivity contribution >= 4 is 50.6 Å². The minimum Gasteiger partial charge on any atom is -0.491 e. The highest BCUT2D eigenvalue weighted by atomic mass is 35.5. The van der Waals surface area contributed by atoms with Crippen molar-refractivity contribution in [3.05, 3.63) is 65.3 Å². The number of anilines is 1. The molecule has 10 heteroatoms. The van der Waals surface area contributed by atoms with E-state index in [0.717, 1.165) is 29.3 Å². The molecule has 1 heterocycles. The van der Waals surface area contributed by atoms with Crippen molar-refractivity contribution in [1.82, 2.24) is 10.3 Å². The maximum atomic E-state index is 11.2. The van der Waals surface area contributed by atoms with Crippen LogP contribution in [0.2, 0.25) is 5.02 Å².